The van der Waals surface area contributed by atoms with Crippen LogP contribution in [0.3, 0.4) is 0 Å². The van der Waals surface area contributed by atoms with Crippen LogP contribution in [0.2, 0.25) is 0 Å². The number of unbranched alkanes of at least 4 members (excludes halogenated alkanes) is 2. The van der Waals surface area contributed by atoms with Gasteiger partial charge in [0, 0.05) is 13.0 Å². The van der Waals surface area contributed by atoms with Gasteiger partial charge < -0.3 is 26.0 Å². The third-order valence-corrected chi connectivity index (χ3v) is 5.84. The average molecular weight is 439 g/mol. The van der Waals surface area contributed by atoms with Crippen molar-refractivity contribution in [2.45, 2.75) is 96.0 Å². The summed E-state index contributed by atoms with van der Waals surface area (Å²) in [7, 11) is 0. The molecule has 0 saturated carbocycles. The summed E-state index contributed by atoms with van der Waals surface area (Å²) in [6, 6.07) is -3.16. The molecule has 0 aromatic heterocycles. The molecule has 0 aliphatic carbocycles. The molecule has 0 radical (unpaired) electrons. The van der Waals surface area contributed by atoms with Crippen molar-refractivity contribution in [2.75, 3.05) is 6.54 Å². The van der Waals surface area contributed by atoms with Crippen molar-refractivity contribution in [3.63, 3.8) is 0 Å². The van der Waals surface area contributed by atoms with Gasteiger partial charge in [-0.15, -0.1) is 0 Å². The Morgan fingerprint density at radius 2 is 1.61 bits per heavy atom. The van der Waals surface area contributed by atoms with E-state index in [1.807, 2.05) is 0 Å². The lowest BCUT2D eigenvalue weighted by atomic mass is 10.0. The van der Waals surface area contributed by atoms with Crippen molar-refractivity contribution in [3.05, 3.63) is 0 Å². The Hall–Kier alpha value is -2.49. The lowest BCUT2D eigenvalue weighted by molar-refractivity contribution is -0.143. The number of fused-ring (bicyclic) bond motifs is 1. The number of carbonyl (C=O) groups is 5. The number of hydrogen-bond donors (Lipinski definition) is 4. The summed E-state index contributed by atoms with van der Waals surface area (Å²) >= 11 is 0. The third-order valence-electron chi connectivity index (χ3n) is 5.84. The van der Waals surface area contributed by atoms with E-state index in [0.29, 0.717) is 45.1 Å². The van der Waals surface area contributed by atoms with Crippen LogP contribution in [0.15, 0.2) is 0 Å². The zero-order valence-electron chi connectivity index (χ0n) is 18.5. The van der Waals surface area contributed by atoms with Crippen LogP contribution in [0.5, 0.6) is 0 Å². The summed E-state index contributed by atoms with van der Waals surface area (Å²) in [4.78, 5) is 63.8. The molecule has 31 heavy (non-hydrogen) atoms. The van der Waals surface area contributed by atoms with Crippen LogP contribution in [0.25, 0.3) is 0 Å². The molecule has 2 saturated heterocycles. The molecule has 4 N–H and O–H groups in total. The number of amides is 4. The maximum atomic E-state index is 13.2. The highest BCUT2D eigenvalue weighted by Gasteiger charge is 2.39. The van der Waals surface area contributed by atoms with Gasteiger partial charge in [-0.25, -0.2) is 0 Å². The Morgan fingerprint density at radius 1 is 1.00 bits per heavy atom. The molecule has 2 fully saturated rings. The van der Waals surface area contributed by atoms with Gasteiger partial charge >= 0.3 is 0 Å². The molecule has 0 aromatic rings. The first-order chi connectivity index (χ1) is 14.6. The van der Waals surface area contributed by atoms with Crippen LogP contribution in [0.4, 0.5) is 0 Å². The minimum Gasteiger partial charge on any atom is -0.386 e. The van der Waals surface area contributed by atoms with E-state index in [0.717, 1.165) is 0 Å². The normalized spacial score (nSPS) is 28.6. The maximum absolute atomic E-state index is 13.2. The summed E-state index contributed by atoms with van der Waals surface area (Å²) in [5.41, 5.74) is 0. The number of aliphatic hydroxyl groups is 1. The number of ketones is 1. The van der Waals surface area contributed by atoms with Gasteiger partial charge in [-0.3, -0.25) is 24.0 Å². The van der Waals surface area contributed by atoms with Gasteiger partial charge in [0.25, 0.3) is 0 Å². The third kappa shape index (κ3) is 6.75. The maximum Gasteiger partial charge on any atom is 0.245 e. The Labute approximate surface area is 182 Å². The number of aliphatic hydroxyl groups excluding tert-OH is 1. The minimum absolute atomic E-state index is 0.222. The van der Waals surface area contributed by atoms with Crippen molar-refractivity contribution in [1.29, 1.82) is 0 Å². The fraction of sp³-hybridized carbons (Fsp3) is 0.762. The molecule has 2 aliphatic heterocycles. The first kappa shape index (κ1) is 24.8. The lowest BCUT2D eigenvalue weighted by Crippen LogP contribution is -2.60. The Balaban J connectivity index is 2.09. The zero-order chi connectivity index (χ0) is 23.1. The highest BCUT2D eigenvalue weighted by Crippen LogP contribution is 2.21. The van der Waals surface area contributed by atoms with Gasteiger partial charge in [0.15, 0.2) is 5.78 Å². The predicted molar refractivity (Wildman–Crippen MR) is 112 cm³/mol. The van der Waals surface area contributed by atoms with Gasteiger partial charge in [0.1, 0.15) is 30.3 Å². The lowest BCUT2D eigenvalue weighted by Gasteiger charge is -2.31. The van der Waals surface area contributed by atoms with Gasteiger partial charge in [0.05, 0.1) is 0 Å². The summed E-state index contributed by atoms with van der Waals surface area (Å²) in [6.07, 6.45) is 2.64. The number of nitrogens with zero attached hydrogens (tertiary/aromatic N) is 1. The van der Waals surface area contributed by atoms with Crippen LogP contribution >= 0.6 is 0 Å². The molecule has 0 aromatic carbocycles. The quantitative estimate of drug-likeness (QED) is 0.390. The number of hydrogen-bond acceptors (Lipinski definition) is 6. The van der Waals surface area contributed by atoms with E-state index < -0.39 is 42.1 Å². The summed E-state index contributed by atoms with van der Waals surface area (Å²) < 4.78 is 0. The Morgan fingerprint density at radius 3 is 2.26 bits per heavy atom. The SMILES string of the molecule is CC(O)C(=O)CCCCCC1NC(=O)C(C)NC(=O)C(C)NC(=O)C2CCCN2C1=O. The number of Topliss-reactive ketones (excluding diaryl/α,β-unsaturated/α-hetero) is 1. The molecule has 0 bridgehead atoms. The highest BCUT2D eigenvalue weighted by molar-refractivity contribution is 5.97. The molecule has 174 valence electrons. The molecule has 2 aliphatic rings. The fourth-order valence-electron chi connectivity index (χ4n) is 3.87. The first-order valence-electron chi connectivity index (χ1n) is 11.0. The van der Waals surface area contributed by atoms with E-state index >= 15 is 0 Å². The summed E-state index contributed by atoms with van der Waals surface area (Å²) in [6.45, 7) is 4.91. The molecular weight excluding hydrogens is 404 g/mol. The number of carbonyl (C=O) groups excluding carboxylic acids is 5. The predicted octanol–water partition coefficient (Wildman–Crippen LogP) is -0.614. The van der Waals surface area contributed by atoms with Crippen molar-refractivity contribution in [2.24, 2.45) is 0 Å². The largest absolute Gasteiger partial charge is 0.386 e. The second-order valence-corrected chi connectivity index (χ2v) is 8.45. The monoisotopic (exact) mass is 438 g/mol. The molecule has 10 heteroatoms. The standard InChI is InChI=1S/C21H34N4O6/c1-12-18(28)22-13(2)19(29)24-15(8-5-4-6-10-17(27)14(3)26)21(31)25-11-7-9-16(25)20(30)23-12/h12-16,26H,4-11H2,1-3H3,(H,22,28)(H,23,30)(H,24,29). The average Bonchev–Trinajstić information content (AvgIpc) is 3.20. The molecule has 4 amide bonds. The number of nitrogens with one attached hydrogen (secondary N) is 3. The van der Waals surface area contributed by atoms with Crippen LogP contribution in [0.1, 0.15) is 65.7 Å². The molecule has 2 heterocycles. The summed E-state index contributed by atoms with van der Waals surface area (Å²) in [5.74, 6) is -1.83. The van der Waals surface area contributed by atoms with E-state index in [1.165, 1.54) is 25.7 Å². The van der Waals surface area contributed by atoms with E-state index in [2.05, 4.69) is 16.0 Å². The van der Waals surface area contributed by atoms with Crippen LogP contribution in [-0.2, 0) is 24.0 Å². The van der Waals surface area contributed by atoms with Gasteiger partial charge in [-0.1, -0.05) is 12.8 Å². The van der Waals surface area contributed by atoms with Crippen LogP contribution in [-0.4, -0.2) is 76.2 Å². The fourth-order valence-corrected chi connectivity index (χ4v) is 3.87. The second kappa shape index (κ2) is 11.2. The van der Waals surface area contributed by atoms with Gasteiger partial charge in [-0.05, 0) is 46.5 Å². The second-order valence-electron chi connectivity index (χ2n) is 8.45. The topological polar surface area (TPSA) is 145 Å². The highest BCUT2D eigenvalue weighted by atomic mass is 16.3. The van der Waals surface area contributed by atoms with E-state index in [-0.39, 0.29) is 24.0 Å². The Bertz CT molecular complexity index is 710. The van der Waals surface area contributed by atoms with E-state index in [4.69, 9.17) is 0 Å². The molecule has 2 rings (SSSR count). The molecule has 5 unspecified atom stereocenters. The van der Waals surface area contributed by atoms with E-state index in [9.17, 15) is 29.1 Å². The van der Waals surface area contributed by atoms with Crippen molar-refractivity contribution in [1.82, 2.24) is 20.9 Å². The van der Waals surface area contributed by atoms with Crippen LogP contribution < -0.4 is 16.0 Å². The first-order valence-corrected chi connectivity index (χ1v) is 11.0. The zero-order valence-corrected chi connectivity index (χ0v) is 18.5. The van der Waals surface area contributed by atoms with Crippen molar-refractivity contribution < 1.29 is 29.1 Å². The minimum atomic E-state index is -0.982. The summed E-state index contributed by atoms with van der Waals surface area (Å²) in [5, 5.41) is 17.2. The molecule has 10 nitrogen and oxygen atoms in total. The van der Waals surface area contributed by atoms with E-state index in [1.54, 1.807) is 0 Å². The molecule has 0 spiro atoms. The van der Waals surface area contributed by atoms with Crippen molar-refractivity contribution >= 4 is 29.4 Å². The molecular formula is C21H34N4O6. The van der Waals surface area contributed by atoms with Crippen molar-refractivity contribution in [3.8, 4) is 0 Å². The van der Waals surface area contributed by atoms with Gasteiger partial charge in [-0.2, -0.15) is 0 Å². The molecule has 5 atom stereocenters. The van der Waals surface area contributed by atoms with Crippen LogP contribution in [0, 0.1) is 0 Å². The van der Waals surface area contributed by atoms with Gasteiger partial charge in [0.2, 0.25) is 23.6 Å². The smallest absolute Gasteiger partial charge is 0.245 e. The number of rotatable bonds is 7. The Kier molecular flexibility index (Phi) is 8.97.